The number of ketones is 1. The standard InChI is InChI=1S/C26H18ClNO3S/c1-31-22-11-9-15(13-21(22)27)28-24(29)14-32-23-12-10-17-16-5-2-3-6-18(16)26(30)20-8-4-7-19(23)25(17)20/h2-13H,14H2,1H3,(H,28,29). The van der Waals surface area contributed by atoms with E-state index in [1.807, 2.05) is 54.6 Å². The quantitative estimate of drug-likeness (QED) is 0.307. The van der Waals surface area contributed by atoms with Gasteiger partial charge in [-0.3, -0.25) is 9.59 Å². The second kappa shape index (κ2) is 8.34. The van der Waals surface area contributed by atoms with Crippen molar-refractivity contribution in [1.82, 2.24) is 0 Å². The Labute approximate surface area is 194 Å². The van der Waals surface area contributed by atoms with E-state index in [-0.39, 0.29) is 17.4 Å². The van der Waals surface area contributed by atoms with Crippen LogP contribution in [0.25, 0.3) is 21.9 Å². The van der Waals surface area contributed by atoms with Crippen molar-refractivity contribution in [2.24, 2.45) is 0 Å². The molecule has 0 atom stereocenters. The zero-order chi connectivity index (χ0) is 22.2. The topological polar surface area (TPSA) is 55.4 Å². The Hall–Kier alpha value is -3.28. The van der Waals surface area contributed by atoms with Gasteiger partial charge in [0.05, 0.1) is 17.9 Å². The van der Waals surface area contributed by atoms with Crippen LogP contribution in [0, 0.1) is 0 Å². The third kappa shape index (κ3) is 3.53. The molecule has 0 saturated heterocycles. The summed E-state index contributed by atoms with van der Waals surface area (Å²) in [6.07, 6.45) is 0. The van der Waals surface area contributed by atoms with Gasteiger partial charge in [0.2, 0.25) is 5.91 Å². The summed E-state index contributed by atoms with van der Waals surface area (Å²) >= 11 is 7.58. The Morgan fingerprint density at radius 1 is 0.938 bits per heavy atom. The molecule has 0 radical (unpaired) electrons. The first-order chi connectivity index (χ1) is 15.6. The summed E-state index contributed by atoms with van der Waals surface area (Å²) in [5, 5.41) is 5.23. The van der Waals surface area contributed by atoms with Crippen molar-refractivity contribution in [3.63, 3.8) is 0 Å². The van der Waals surface area contributed by atoms with E-state index in [0.717, 1.165) is 32.4 Å². The molecule has 4 aromatic rings. The van der Waals surface area contributed by atoms with E-state index in [1.165, 1.54) is 11.8 Å². The minimum absolute atomic E-state index is 0.0370. The molecule has 1 N–H and O–H groups in total. The molecule has 6 heteroatoms. The third-order valence-corrected chi connectivity index (χ3v) is 6.87. The highest BCUT2D eigenvalue weighted by molar-refractivity contribution is 8.00. The van der Waals surface area contributed by atoms with E-state index in [4.69, 9.17) is 16.3 Å². The molecule has 0 aromatic heterocycles. The number of nitrogens with one attached hydrogen (secondary N) is 1. The predicted octanol–water partition coefficient (Wildman–Crippen LogP) is 6.44. The second-order valence-electron chi connectivity index (χ2n) is 7.40. The first-order valence-electron chi connectivity index (χ1n) is 10.0. The lowest BCUT2D eigenvalue weighted by atomic mass is 9.83. The Balaban J connectivity index is 1.42. The van der Waals surface area contributed by atoms with Gasteiger partial charge in [-0.2, -0.15) is 0 Å². The molecule has 0 unspecified atom stereocenters. The minimum Gasteiger partial charge on any atom is -0.495 e. The number of carbonyl (C=O) groups excluding carboxylic acids is 2. The zero-order valence-electron chi connectivity index (χ0n) is 17.1. The second-order valence-corrected chi connectivity index (χ2v) is 8.82. The molecule has 158 valence electrons. The number of amides is 1. The highest BCUT2D eigenvalue weighted by atomic mass is 35.5. The predicted molar refractivity (Wildman–Crippen MR) is 130 cm³/mol. The number of hydrogen-bond acceptors (Lipinski definition) is 4. The van der Waals surface area contributed by atoms with Crippen molar-refractivity contribution in [3.8, 4) is 16.9 Å². The van der Waals surface area contributed by atoms with Crippen LogP contribution in [0.4, 0.5) is 5.69 Å². The molecule has 1 amide bonds. The van der Waals surface area contributed by atoms with E-state index in [9.17, 15) is 9.59 Å². The number of benzene rings is 4. The van der Waals surface area contributed by atoms with E-state index in [0.29, 0.717) is 22.0 Å². The van der Waals surface area contributed by atoms with Crippen LogP contribution in [0.5, 0.6) is 5.75 Å². The van der Waals surface area contributed by atoms with Gasteiger partial charge in [0, 0.05) is 27.1 Å². The first kappa shape index (κ1) is 20.6. The van der Waals surface area contributed by atoms with E-state index in [2.05, 4.69) is 5.32 Å². The molecule has 0 aliphatic heterocycles. The fraction of sp³-hybridized carbons (Fsp3) is 0.0769. The summed E-state index contributed by atoms with van der Waals surface area (Å²) in [6, 6.07) is 22.7. The van der Waals surface area contributed by atoms with Crippen molar-refractivity contribution < 1.29 is 14.3 Å². The van der Waals surface area contributed by atoms with Crippen LogP contribution in [0.1, 0.15) is 15.9 Å². The fourth-order valence-electron chi connectivity index (χ4n) is 4.07. The van der Waals surface area contributed by atoms with Gasteiger partial charge in [-0.25, -0.2) is 0 Å². The highest BCUT2D eigenvalue weighted by Crippen LogP contribution is 2.42. The maximum absolute atomic E-state index is 13.1. The van der Waals surface area contributed by atoms with Gasteiger partial charge in [-0.15, -0.1) is 11.8 Å². The largest absolute Gasteiger partial charge is 0.495 e. The van der Waals surface area contributed by atoms with Gasteiger partial charge < -0.3 is 10.1 Å². The molecule has 4 nitrogen and oxygen atoms in total. The van der Waals surface area contributed by atoms with E-state index >= 15 is 0 Å². The van der Waals surface area contributed by atoms with Crippen LogP contribution in [0.15, 0.2) is 77.7 Å². The number of ether oxygens (including phenoxy) is 1. The summed E-state index contributed by atoms with van der Waals surface area (Å²) in [7, 11) is 1.54. The van der Waals surface area contributed by atoms with Gasteiger partial charge >= 0.3 is 0 Å². The number of hydrogen-bond donors (Lipinski definition) is 1. The molecular weight excluding hydrogens is 442 g/mol. The molecule has 0 saturated carbocycles. The Morgan fingerprint density at radius 3 is 2.50 bits per heavy atom. The monoisotopic (exact) mass is 459 g/mol. The van der Waals surface area contributed by atoms with Crippen molar-refractivity contribution in [2.45, 2.75) is 4.90 Å². The van der Waals surface area contributed by atoms with Gasteiger partial charge in [0.15, 0.2) is 5.78 Å². The van der Waals surface area contributed by atoms with Crippen LogP contribution < -0.4 is 10.1 Å². The lowest BCUT2D eigenvalue weighted by Crippen LogP contribution is -2.14. The number of carbonyl (C=O) groups is 2. The van der Waals surface area contributed by atoms with Crippen molar-refractivity contribution >= 4 is 51.5 Å². The molecule has 4 aromatic carbocycles. The van der Waals surface area contributed by atoms with E-state index in [1.54, 1.807) is 25.3 Å². The first-order valence-corrected chi connectivity index (χ1v) is 11.4. The molecule has 0 bridgehead atoms. The number of anilines is 1. The van der Waals surface area contributed by atoms with Gasteiger partial charge in [0.25, 0.3) is 0 Å². The highest BCUT2D eigenvalue weighted by Gasteiger charge is 2.25. The van der Waals surface area contributed by atoms with Crippen LogP contribution in [0.2, 0.25) is 5.02 Å². The molecule has 5 rings (SSSR count). The summed E-state index contributed by atoms with van der Waals surface area (Å²) in [6.45, 7) is 0. The molecule has 1 aliphatic rings. The molecular formula is C26H18ClNO3S. The Bertz CT molecular complexity index is 1400. The van der Waals surface area contributed by atoms with Crippen LogP contribution in [-0.2, 0) is 4.79 Å². The van der Waals surface area contributed by atoms with Crippen molar-refractivity contribution in [2.75, 3.05) is 18.2 Å². The lowest BCUT2D eigenvalue weighted by Gasteiger charge is -2.21. The van der Waals surface area contributed by atoms with Crippen LogP contribution in [0.3, 0.4) is 0 Å². The lowest BCUT2D eigenvalue weighted by molar-refractivity contribution is -0.113. The molecule has 0 heterocycles. The molecule has 32 heavy (non-hydrogen) atoms. The summed E-state index contributed by atoms with van der Waals surface area (Å²) in [5.74, 6) is 0.680. The van der Waals surface area contributed by atoms with Crippen LogP contribution >= 0.6 is 23.4 Å². The average Bonchev–Trinajstić information content (AvgIpc) is 2.81. The normalized spacial score (nSPS) is 11.9. The maximum atomic E-state index is 13.1. The minimum atomic E-state index is -0.141. The number of fused-ring (bicyclic) bond motifs is 2. The average molecular weight is 460 g/mol. The molecule has 1 aliphatic carbocycles. The number of rotatable bonds is 5. The van der Waals surface area contributed by atoms with Gasteiger partial charge in [0.1, 0.15) is 5.75 Å². The summed E-state index contributed by atoms with van der Waals surface area (Å²) in [5.41, 5.74) is 4.04. The Morgan fingerprint density at radius 2 is 1.72 bits per heavy atom. The Kier molecular flexibility index (Phi) is 5.37. The van der Waals surface area contributed by atoms with Gasteiger partial charge in [-0.05, 0) is 40.8 Å². The maximum Gasteiger partial charge on any atom is 0.234 e. The SMILES string of the molecule is COc1ccc(NC(=O)CSc2ccc3c4c(cccc24)C(=O)c2ccccc2-3)cc1Cl. The number of halogens is 1. The number of methoxy groups -OCH3 is 1. The molecule has 0 fully saturated rings. The van der Waals surface area contributed by atoms with Crippen molar-refractivity contribution in [1.29, 1.82) is 0 Å². The van der Waals surface area contributed by atoms with Crippen LogP contribution in [-0.4, -0.2) is 24.6 Å². The summed E-state index contributed by atoms with van der Waals surface area (Å²) < 4.78 is 5.14. The fourth-order valence-corrected chi connectivity index (χ4v) is 5.17. The van der Waals surface area contributed by atoms with E-state index < -0.39 is 0 Å². The third-order valence-electron chi connectivity index (χ3n) is 5.50. The van der Waals surface area contributed by atoms with Crippen molar-refractivity contribution in [3.05, 3.63) is 88.9 Å². The molecule has 0 spiro atoms. The summed E-state index contributed by atoms with van der Waals surface area (Å²) in [4.78, 5) is 26.6. The van der Waals surface area contributed by atoms with Gasteiger partial charge in [-0.1, -0.05) is 60.1 Å². The number of thioether (sulfide) groups is 1. The smallest absolute Gasteiger partial charge is 0.234 e. The zero-order valence-corrected chi connectivity index (χ0v) is 18.7.